The monoisotopic (exact) mass is 417 g/mol. The van der Waals surface area contributed by atoms with Crippen LogP contribution in [-0.4, -0.2) is 7.05 Å². The molecule has 0 radical (unpaired) electrons. The highest BCUT2D eigenvalue weighted by Gasteiger charge is 2.14. The molecule has 4 aromatic carbocycles. The first-order valence-corrected chi connectivity index (χ1v) is 11.4. The number of anilines is 1. The highest BCUT2D eigenvalue weighted by Crippen LogP contribution is 2.27. The third-order valence-corrected chi connectivity index (χ3v) is 5.95. The van der Waals surface area contributed by atoms with Crippen LogP contribution in [0.4, 0.5) is 5.69 Å². The zero-order chi connectivity index (χ0) is 22.0. The minimum Gasteiger partial charge on any atom is -0.344 e. The first kappa shape index (κ1) is 21.6. The van der Waals surface area contributed by atoms with Crippen LogP contribution in [0.2, 0.25) is 0 Å². The van der Waals surface area contributed by atoms with Gasteiger partial charge in [-0.3, -0.25) is 0 Å². The Morgan fingerprint density at radius 3 is 1.56 bits per heavy atom. The molecule has 0 N–H and O–H groups in total. The molecule has 0 bridgehead atoms. The van der Waals surface area contributed by atoms with Gasteiger partial charge in [-0.2, -0.15) is 0 Å². The van der Waals surface area contributed by atoms with Gasteiger partial charge in [0.2, 0.25) is 0 Å². The van der Waals surface area contributed by atoms with E-state index in [1.165, 1.54) is 28.1 Å². The van der Waals surface area contributed by atoms with Gasteiger partial charge in [-0.25, -0.2) is 0 Å². The number of rotatable bonds is 9. The molecule has 1 nitrogen and oxygen atoms in total. The molecule has 0 fully saturated rings. The van der Waals surface area contributed by atoms with Gasteiger partial charge in [0, 0.05) is 18.4 Å². The Morgan fingerprint density at radius 1 is 0.625 bits per heavy atom. The van der Waals surface area contributed by atoms with Gasteiger partial charge >= 0.3 is 0 Å². The summed E-state index contributed by atoms with van der Waals surface area (Å²) in [6.07, 6.45) is 5.59. The van der Waals surface area contributed by atoms with Gasteiger partial charge in [-0.05, 0) is 54.0 Å². The van der Waals surface area contributed by atoms with Crippen molar-refractivity contribution in [1.29, 1.82) is 0 Å². The van der Waals surface area contributed by atoms with Crippen LogP contribution >= 0.6 is 0 Å². The molecule has 0 atom stereocenters. The van der Waals surface area contributed by atoms with E-state index in [1.54, 1.807) is 0 Å². The first-order chi connectivity index (χ1) is 15.8. The lowest BCUT2D eigenvalue weighted by Gasteiger charge is -2.25. The Labute approximate surface area is 192 Å². The van der Waals surface area contributed by atoms with E-state index in [9.17, 15) is 0 Å². The van der Waals surface area contributed by atoms with E-state index in [1.807, 2.05) is 0 Å². The smallest absolute Gasteiger partial charge is 0.0441 e. The van der Waals surface area contributed by atoms with E-state index in [0.717, 1.165) is 19.3 Å². The minimum absolute atomic E-state index is 0.530. The fraction of sp³-hybridized carbons (Fsp3) is 0.161. The summed E-state index contributed by atoms with van der Waals surface area (Å²) in [4.78, 5) is 2.30. The van der Waals surface area contributed by atoms with Crippen molar-refractivity contribution in [2.24, 2.45) is 5.92 Å². The number of benzene rings is 4. The molecule has 1 heteroatoms. The second-order valence-corrected chi connectivity index (χ2v) is 8.33. The number of hydrogen-bond donors (Lipinski definition) is 0. The molecule has 0 aliphatic rings. The summed E-state index contributed by atoms with van der Waals surface area (Å²) in [5, 5.41) is 0. The molecular weight excluding hydrogens is 386 g/mol. The quantitative estimate of drug-likeness (QED) is 0.270. The second kappa shape index (κ2) is 11.2. The summed E-state index contributed by atoms with van der Waals surface area (Å²) in [6.45, 7) is 0. The van der Waals surface area contributed by atoms with Gasteiger partial charge in [0.15, 0.2) is 0 Å². The zero-order valence-electron chi connectivity index (χ0n) is 18.8. The van der Waals surface area contributed by atoms with Crippen LogP contribution in [0, 0.1) is 5.92 Å². The van der Waals surface area contributed by atoms with Crippen LogP contribution < -0.4 is 4.90 Å². The lowest BCUT2D eigenvalue weighted by molar-refractivity contribution is 0.529. The van der Waals surface area contributed by atoms with E-state index in [0.29, 0.717) is 5.92 Å². The van der Waals surface area contributed by atoms with Crippen LogP contribution in [0.3, 0.4) is 0 Å². The van der Waals surface area contributed by atoms with Crippen LogP contribution in [0.25, 0.3) is 5.70 Å². The maximum absolute atomic E-state index is 2.43. The normalized spacial score (nSPS) is 11.5. The summed E-state index contributed by atoms with van der Waals surface area (Å²) >= 11 is 0. The molecule has 0 aliphatic carbocycles. The Balaban J connectivity index is 1.63. The molecular formula is C31H31N. The van der Waals surface area contributed by atoms with E-state index in [4.69, 9.17) is 0 Å². The minimum atomic E-state index is 0.530. The summed E-state index contributed by atoms with van der Waals surface area (Å²) in [7, 11) is 2.16. The van der Waals surface area contributed by atoms with Gasteiger partial charge in [-0.15, -0.1) is 0 Å². The van der Waals surface area contributed by atoms with Crippen molar-refractivity contribution < 1.29 is 0 Å². The number of para-hydroxylation sites is 1. The van der Waals surface area contributed by atoms with Crippen LogP contribution in [0.5, 0.6) is 0 Å². The van der Waals surface area contributed by atoms with Crippen molar-refractivity contribution in [1.82, 2.24) is 0 Å². The topological polar surface area (TPSA) is 3.24 Å². The van der Waals surface area contributed by atoms with Gasteiger partial charge in [-0.1, -0.05) is 115 Å². The summed E-state index contributed by atoms with van der Waals surface area (Å²) in [5.74, 6) is 0.530. The van der Waals surface area contributed by atoms with E-state index < -0.39 is 0 Å². The van der Waals surface area contributed by atoms with E-state index in [-0.39, 0.29) is 0 Å². The van der Waals surface area contributed by atoms with Crippen molar-refractivity contribution in [3.8, 4) is 0 Å². The summed E-state index contributed by atoms with van der Waals surface area (Å²) in [6, 6.07) is 43.1. The maximum Gasteiger partial charge on any atom is 0.0441 e. The second-order valence-electron chi connectivity index (χ2n) is 8.33. The van der Waals surface area contributed by atoms with Gasteiger partial charge in [0.1, 0.15) is 0 Å². The molecule has 0 aliphatic heterocycles. The van der Waals surface area contributed by atoms with E-state index >= 15 is 0 Å². The van der Waals surface area contributed by atoms with Crippen molar-refractivity contribution in [2.45, 2.75) is 19.3 Å². The maximum atomic E-state index is 2.43. The standard InChI is InChI=1S/C31H31N/c1-32(30-20-12-5-13-21-30)31(29-18-10-4-11-19-29)23-22-28(24-26-14-6-2-7-15-26)25-27-16-8-3-9-17-27/h2-21,23,28H,22,24-25H2,1H3/b31-23+. The average molecular weight is 418 g/mol. The Kier molecular flexibility index (Phi) is 7.55. The van der Waals surface area contributed by atoms with Crippen molar-refractivity contribution in [2.75, 3.05) is 11.9 Å². The van der Waals surface area contributed by atoms with Gasteiger partial charge in [0.25, 0.3) is 0 Å². The highest BCUT2D eigenvalue weighted by atomic mass is 15.1. The third-order valence-electron chi connectivity index (χ3n) is 5.95. The predicted octanol–water partition coefficient (Wildman–Crippen LogP) is 7.66. The van der Waals surface area contributed by atoms with Gasteiger partial charge in [0.05, 0.1) is 0 Å². The fourth-order valence-corrected chi connectivity index (χ4v) is 4.26. The summed E-state index contributed by atoms with van der Waals surface area (Å²) in [5.41, 5.74) is 6.50. The average Bonchev–Trinajstić information content (AvgIpc) is 2.86. The molecule has 4 aromatic rings. The predicted molar refractivity (Wildman–Crippen MR) is 138 cm³/mol. The Bertz CT molecular complexity index is 1040. The Hall–Kier alpha value is -3.58. The molecule has 0 unspecified atom stereocenters. The number of hydrogen-bond acceptors (Lipinski definition) is 1. The molecule has 0 saturated heterocycles. The molecule has 0 heterocycles. The van der Waals surface area contributed by atoms with E-state index in [2.05, 4.69) is 139 Å². The van der Waals surface area contributed by atoms with Crippen molar-refractivity contribution in [3.63, 3.8) is 0 Å². The molecule has 4 rings (SSSR count). The molecule has 32 heavy (non-hydrogen) atoms. The molecule has 0 aromatic heterocycles. The van der Waals surface area contributed by atoms with Crippen LogP contribution in [0.15, 0.2) is 127 Å². The number of allylic oxidation sites excluding steroid dienone is 1. The molecule has 0 amide bonds. The molecule has 0 saturated carbocycles. The highest BCUT2D eigenvalue weighted by molar-refractivity contribution is 5.78. The lowest BCUT2D eigenvalue weighted by Crippen LogP contribution is -2.16. The first-order valence-electron chi connectivity index (χ1n) is 11.4. The van der Waals surface area contributed by atoms with Crippen molar-refractivity contribution >= 4 is 11.4 Å². The zero-order valence-corrected chi connectivity index (χ0v) is 18.8. The summed E-state index contributed by atoms with van der Waals surface area (Å²) < 4.78 is 0. The largest absolute Gasteiger partial charge is 0.344 e. The third kappa shape index (κ3) is 5.98. The van der Waals surface area contributed by atoms with Gasteiger partial charge < -0.3 is 4.90 Å². The Morgan fingerprint density at radius 2 is 1.06 bits per heavy atom. The lowest BCUT2D eigenvalue weighted by atomic mass is 9.89. The van der Waals surface area contributed by atoms with Crippen molar-refractivity contribution in [3.05, 3.63) is 144 Å². The molecule has 0 spiro atoms. The van der Waals surface area contributed by atoms with Crippen LogP contribution in [-0.2, 0) is 12.8 Å². The fourth-order valence-electron chi connectivity index (χ4n) is 4.26. The number of nitrogens with zero attached hydrogens (tertiary/aromatic N) is 1. The molecule has 160 valence electrons. The van der Waals surface area contributed by atoms with Crippen LogP contribution in [0.1, 0.15) is 23.1 Å². The SMILES string of the molecule is CN(/C(=C/CC(Cc1ccccc1)Cc1ccccc1)c1ccccc1)c1ccccc1.